The van der Waals surface area contributed by atoms with Crippen molar-refractivity contribution in [2.75, 3.05) is 54.9 Å². The van der Waals surface area contributed by atoms with Crippen molar-refractivity contribution < 1.29 is 62.6 Å². The average Bonchev–Trinajstić information content (AvgIpc) is 0.810. The van der Waals surface area contributed by atoms with Crippen molar-refractivity contribution in [3.05, 3.63) is 71.8 Å². The second-order valence-corrected chi connectivity index (χ2v) is 27.2. The van der Waals surface area contributed by atoms with Gasteiger partial charge in [0.1, 0.15) is 60.4 Å². The molecule has 25 heteroatoms. The summed E-state index contributed by atoms with van der Waals surface area (Å²) in [4.78, 5) is 181. The highest BCUT2D eigenvalue weighted by atomic mass is 16.3. The molecular weight excluding hydrogens is 1200 g/mol. The molecule has 2 aromatic carbocycles. The number of aliphatic hydroxyl groups excluding tert-OH is 1. The van der Waals surface area contributed by atoms with Gasteiger partial charge in [0.15, 0.2) is 0 Å². The maximum absolute atomic E-state index is 15.1. The number of carbonyl (C=O) groups excluding carboxylic acids is 12. The lowest BCUT2D eigenvalue weighted by molar-refractivity contribution is -0.173. The number of nitrogens with one attached hydrogen (secondary N) is 3. The molecule has 12 atom stereocenters. The molecule has 0 spiro atoms. The van der Waals surface area contributed by atoms with Gasteiger partial charge in [-0.3, -0.25) is 57.5 Å². The summed E-state index contributed by atoms with van der Waals surface area (Å²) in [6.07, 6.45) is 2.98. The molecular formula is C69H106N12O13. The molecule has 25 nitrogen and oxygen atoms in total. The summed E-state index contributed by atoms with van der Waals surface area (Å²) in [5.74, 6) is -7.85. The van der Waals surface area contributed by atoms with E-state index in [1.807, 2.05) is 64.1 Å². The van der Waals surface area contributed by atoms with E-state index in [0.29, 0.717) is 37.9 Å². The van der Waals surface area contributed by atoms with Crippen molar-refractivity contribution >= 4 is 70.9 Å². The van der Waals surface area contributed by atoms with E-state index in [4.69, 9.17) is 5.73 Å². The van der Waals surface area contributed by atoms with E-state index in [1.54, 1.807) is 49.9 Å². The van der Waals surface area contributed by atoms with Gasteiger partial charge in [-0.05, 0) is 115 Å². The Labute approximate surface area is 555 Å². The number of nitrogens with zero attached hydrogens (tertiary/aromatic N) is 8. The highest BCUT2D eigenvalue weighted by molar-refractivity contribution is 6.01. The zero-order valence-electron chi connectivity index (χ0n) is 58.0. The lowest BCUT2D eigenvalue weighted by Gasteiger charge is -2.52. The molecule has 3 saturated heterocycles. The molecule has 94 heavy (non-hydrogen) atoms. The molecule has 3 aliphatic rings. The Morgan fingerprint density at radius 1 is 0.596 bits per heavy atom. The minimum Gasteiger partial charge on any atom is -0.391 e. The molecule has 3 fully saturated rings. The Hall–Kier alpha value is -7.96. The summed E-state index contributed by atoms with van der Waals surface area (Å²) in [5.41, 5.74) is 7.28. The number of primary amides is 1. The first kappa shape index (κ1) is 76.7. The number of benzene rings is 2. The number of piperidine rings is 1. The van der Waals surface area contributed by atoms with Crippen LogP contribution in [0.3, 0.4) is 0 Å². The fourth-order valence-corrected chi connectivity index (χ4v) is 12.8. The third kappa shape index (κ3) is 19.6. The monoisotopic (exact) mass is 1310 g/mol. The fraction of sp³-hybridized carbons (Fsp3) is 0.652. The van der Waals surface area contributed by atoms with E-state index >= 15 is 9.59 Å². The van der Waals surface area contributed by atoms with Crippen molar-refractivity contribution in [3.63, 3.8) is 0 Å². The van der Waals surface area contributed by atoms with E-state index in [9.17, 15) is 53.1 Å². The lowest BCUT2D eigenvalue weighted by Crippen LogP contribution is -2.74. The summed E-state index contributed by atoms with van der Waals surface area (Å²) in [7, 11) is 7.20. The SMILES string of the molecule is CC(C)C[C@H](NC(=O)[C@@H]1CCCN1C(=O)[C@H](Cc1ccccc1)N(C)C(=O)[C@H](C)N(C)C(=O)[C@H](NC(=O)C(C)C)[C@@H](C)O)C(=O)N(C)[C@@H]1C(=O)N([C@@H](CCCc2ccccc2)C(=O)N(C)[C@@H](C)C(=O)N(C)[C@@H](CC(C)C)C(=O)N[C@@H](CC(N)=O)C(=O)N2CCCCC2)C1C. The smallest absolute Gasteiger partial charge is 0.248 e. The summed E-state index contributed by atoms with van der Waals surface area (Å²) in [6.45, 7) is 18.0. The van der Waals surface area contributed by atoms with Crippen LogP contribution in [0.1, 0.15) is 145 Å². The van der Waals surface area contributed by atoms with Gasteiger partial charge in [0.25, 0.3) is 0 Å². The second kappa shape index (κ2) is 35.0. The van der Waals surface area contributed by atoms with Crippen LogP contribution in [0, 0.1) is 17.8 Å². The number of hydrogen-bond acceptors (Lipinski definition) is 13. The molecule has 1 unspecified atom stereocenters. The number of aryl methyl sites for hydroxylation is 1. The molecule has 0 saturated carbocycles. The highest BCUT2D eigenvalue weighted by Gasteiger charge is 2.54. The van der Waals surface area contributed by atoms with Crippen molar-refractivity contribution in [3.8, 4) is 0 Å². The number of aliphatic hydroxyl groups is 1. The van der Waals surface area contributed by atoms with Gasteiger partial charge in [-0.15, -0.1) is 0 Å². The van der Waals surface area contributed by atoms with Crippen LogP contribution in [-0.4, -0.2) is 243 Å². The molecule has 520 valence electrons. The van der Waals surface area contributed by atoms with E-state index < -0.39 is 156 Å². The zero-order chi connectivity index (χ0) is 70.2. The van der Waals surface area contributed by atoms with Crippen LogP contribution in [0.5, 0.6) is 0 Å². The van der Waals surface area contributed by atoms with E-state index in [0.717, 1.165) is 29.7 Å². The number of β-lactam (4-membered cyclic amide) rings is 1. The van der Waals surface area contributed by atoms with Crippen molar-refractivity contribution in [2.45, 2.75) is 219 Å². The first-order valence-corrected chi connectivity index (χ1v) is 33.4. The standard InChI is InChI=1S/C69H106N12O13/c1-41(2)37-50(71-60(85)52-33-26-36-80(52)67(92)55(39-49-29-21-17-22-30-49)77(14)63(88)46(9)75(12)68(93)57(47(10)82)73-59(84)43(5)6)64(89)78(15)58-44(7)81(69(58)94)53(32-25-31-48-27-19-16-20-28-48)66(91)74(11)45(8)62(87)76(13)54(38-42(3)4)61(86)72-51(40-56(70)83)65(90)79-34-23-18-24-35-79/h16-17,19-22,27-30,41-47,50-55,57-58,82H,18,23-26,31-40H2,1-15H3,(H2,70,83)(H,71,85)(H,72,86)(H,73,84)/t44?,45-,46-,47+,50-,51-,52-,53-,54-,55-,57+,58-/m0/s1. The number of amides is 12. The summed E-state index contributed by atoms with van der Waals surface area (Å²) < 4.78 is 0. The van der Waals surface area contributed by atoms with Crippen molar-refractivity contribution in [2.24, 2.45) is 23.5 Å². The summed E-state index contributed by atoms with van der Waals surface area (Å²) >= 11 is 0. The molecule has 6 N–H and O–H groups in total. The first-order valence-electron chi connectivity index (χ1n) is 33.4. The van der Waals surface area contributed by atoms with E-state index in [1.165, 1.54) is 85.4 Å². The van der Waals surface area contributed by atoms with Gasteiger partial charge in [-0.25, -0.2) is 0 Å². The van der Waals surface area contributed by atoms with E-state index in [2.05, 4.69) is 16.0 Å². The molecule has 0 aromatic heterocycles. The summed E-state index contributed by atoms with van der Waals surface area (Å²) in [5, 5.41) is 18.8. The van der Waals surface area contributed by atoms with Crippen LogP contribution in [0.2, 0.25) is 0 Å². The van der Waals surface area contributed by atoms with Gasteiger partial charge in [0.05, 0.1) is 18.6 Å². The van der Waals surface area contributed by atoms with Crippen LogP contribution < -0.4 is 21.7 Å². The number of rotatable bonds is 32. The number of hydrogen-bond donors (Lipinski definition) is 5. The Bertz CT molecular complexity index is 2980. The van der Waals surface area contributed by atoms with Crippen LogP contribution in [-0.2, 0) is 70.4 Å². The predicted octanol–water partition coefficient (Wildman–Crippen LogP) is 2.49. The third-order valence-electron chi connectivity index (χ3n) is 18.7. The fourth-order valence-electron chi connectivity index (χ4n) is 12.8. The number of carbonyl (C=O) groups is 12. The predicted molar refractivity (Wildman–Crippen MR) is 354 cm³/mol. The molecule has 5 rings (SSSR count). The largest absolute Gasteiger partial charge is 0.391 e. The van der Waals surface area contributed by atoms with Crippen LogP contribution in [0.25, 0.3) is 0 Å². The minimum absolute atomic E-state index is 0.0388. The van der Waals surface area contributed by atoms with Crippen molar-refractivity contribution in [1.29, 1.82) is 0 Å². The van der Waals surface area contributed by atoms with Gasteiger partial charge in [-0.1, -0.05) is 102 Å². The maximum Gasteiger partial charge on any atom is 0.248 e. The Kier molecular flexibility index (Phi) is 28.6. The Morgan fingerprint density at radius 3 is 1.66 bits per heavy atom. The van der Waals surface area contributed by atoms with Crippen LogP contribution >= 0.6 is 0 Å². The van der Waals surface area contributed by atoms with Gasteiger partial charge in [0, 0.05) is 67.2 Å². The zero-order valence-corrected chi connectivity index (χ0v) is 58.0. The van der Waals surface area contributed by atoms with Gasteiger partial charge in [-0.2, -0.15) is 0 Å². The third-order valence-corrected chi connectivity index (χ3v) is 18.7. The topological polar surface area (TPSA) is 313 Å². The quantitative estimate of drug-likeness (QED) is 0.0659. The average molecular weight is 1310 g/mol. The van der Waals surface area contributed by atoms with E-state index in [-0.39, 0.29) is 50.5 Å². The van der Waals surface area contributed by atoms with Crippen molar-refractivity contribution in [1.82, 2.24) is 55.1 Å². The molecule has 0 aliphatic carbocycles. The normalized spacial score (nSPS) is 19.3. The lowest BCUT2D eigenvalue weighted by atomic mass is 9.89. The molecule has 12 amide bonds. The number of likely N-dealkylation sites (N-methyl/N-ethyl adjacent to an activating group) is 5. The van der Waals surface area contributed by atoms with Gasteiger partial charge >= 0.3 is 0 Å². The molecule has 0 bridgehead atoms. The molecule has 0 radical (unpaired) electrons. The molecule has 3 heterocycles. The highest BCUT2D eigenvalue weighted by Crippen LogP contribution is 2.32. The molecule has 2 aromatic rings. The van der Waals surface area contributed by atoms with Gasteiger partial charge in [0.2, 0.25) is 70.9 Å². The minimum atomic E-state index is -1.36. The van der Waals surface area contributed by atoms with Gasteiger partial charge < -0.3 is 66.0 Å². The second-order valence-electron chi connectivity index (χ2n) is 27.2. The Balaban J connectivity index is 1.35. The van der Waals surface area contributed by atoms with Crippen LogP contribution in [0.15, 0.2) is 60.7 Å². The number of likely N-dealkylation sites (tertiary alicyclic amines) is 3. The summed E-state index contributed by atoms with van der Waals surface area (Å²) in [6, 6.07) is 6.25. The maximum atomic E-state index is 15.1. The molecule has 3 aliphatic heterocycles. The first-order chi connectivity index (χ1) is 44.2. The Morgan fingerprint density at radius 2 is 1.14 bits per heavy atom. The van der Waals surface area contributed by atoms with Crippen LogP contribution in [0.4, 0.5) is 0 Å². The number of nitrogens with two attached hydrogens (primary N) is 1.